The summed E-state index contributed by atoms with van der Waals surface area (Å²) >= 11 is 3.69. The highest BCUT2D eigenvalue weighted by molar-refractivity contribution is 9.10. The summed E-state index contributed by atoms with van der Waals surface area (Å²) in [6.45, 7) is 8.00. The highest BCUT2D eigenvalue weighted by atomic mass is 79.9. The minimum absolute atomic E-state index is 0.528. The molecule has 0 aromatic heterocycles. The SMILES string of the molecule is CCCNC(c1cccc(Br)c1C)C1CCC(C)CC1. The van der Waals surface area contributed by atoms with Crippen molar-refractivity contribution in [3.63, 3.8) is 0 Å². The highest BCUT2D eigenvalue weighted by Crippen LogP contribution is 2.38. The maximum atomic E-state index is 3.82. The molecule has 1 saturated carbocycles. The van der Waals surface area contributed by atoms with Crippen LogP contribution in [-0.2, 0) is 0 Å². The van der Waals surface area contributed by atoms with E-state index in [0.29, 0.717) is 6.04 Å². The van der Waals surface area contributed by atoms with E-state index in [0.717, 1.165) is 18.4 Å². The van der Waals surface area contributed by atoms with E-state index < -0.39 is 0 Å². The molecule has 1 N–H and O–H groups in total. The van der Waals surface area contributed by atoms with Crippen molar-refractivity contribution in [1.29, 1.82) is 0 Å². The summed E-state index contributed by atoms with van der Waals surface area (Å²) in [6.07, 6.45) is 6.72. The number of nitrogens with one attached hydrogen (secondary N) is 1. The molecule has 1 fully saturated rings. The zero-order valence-electron chi connectivity index (χ0n) is 13.1. The summed E-state index contributed by atoms with van der Waals surface area (Å²) in [5.74, 6) is 1.72. The second-order valence-corrected chi connectivity index (χ2v) is 7.26. The molecule has 1 unspecified atom stereocenters. The predicted octanol–water partition coefficient (Wildman–Crippen LogP) is 5.62. The molecule has 1 aliphatic carbocycles. The number of benzene rings is 1. The van der Waals surface area contributed by atoms with E-state index in [9.17, 15) is 0 Å². The standard InChI is InChI=1S/C18H28BrN/c1-4-12-20-18(15-10-8-13(2)9-11-15)16-6-5-7-17(19)14(16)3/h5-7,13,15,18,20H,4,8-12H2,1-3H3. The van der Waals surface area contributed by atoms with E-state index in [-0.39, 0.29) is 0 Å². The zero-order chi connectivity index (χ0) is 14.5. The lowest BCUT2D eigenvalue weighted by molar-refractivity contribution is 0.231. The topological polar surface area (TPSA) is 12.0 Å². The van der Waals surface area contributed by atoms with Crippen molar-refractivity contribution in [1.82, 2.24) is 5.32 Å². The van der Waals surface area contributed by atoms with Crippen LogP contribution in [0.25, 0.3) is 0 Å². The lowest BCUT2D eigenvalue weighted by Gasteiger charge is -2.34. The second kappa shape index (κ2) is 7.61. The Balaban J connectivity index is 2.20. The number of rotatable bonds is 5. The fourth-order valence-corrected chi connectivity index (χ4v) is 3.79. The third-order valence-electron chi connectivity index (χ3n) is 4.79. The van der Waals surface area contributed by atoms with Gasteiger partial charge in [0.05, 0.1) is 0 Å². The van der Waals surface area contributed by atoms with Gasteiger partial charge in [0.25, 0.3) is 0 Å². The van der Waals surface area contributed by atoms with Crippen LogP contribution in [0.1, 0.15) is 63.1 Å². The molecule has 1 aromatic carbocycles. The fourth-order valence-electron chi connectivity index (χ4n) is 3.41. The maximum Gasteiger partial charge on any atom is 0.0351 e. The molecule has 2 heteroatoms. The molecule has 0 aliphatic heterocycles. The van der Waals surface area contributed by atoms with Crippen molar-refractivity contribution in [2.75, 3.05) is 6.54 Å². The molecular weight excluding hydrogens is 310 g/mol. The zero-order valence-corrected chi connectivity index (χ0v) is 14.7. The summed E-state index contributed by atoms with van der Waals surface area (Å²) in [4.78, 5) is 0. The molecule has 0 amide bonds. The first-order valence-electron chi connectivity index (χ1n) is 8.11. The minimum atomic E-state index is 0.528. The van der Waals surface area contributed by atoms with Crippen LogP contribution >= 0.6 is 15.9 Å². The van der Waals surface area contributed by atoms with Crippen LogP contribution in [0, 0.1) is 18.8 Å². The Kier molecular flexibility index (Phi) is 6.10. The first-order chi connectivity index (χ1) is 9.63. The van der Waals surface area contributed by atoms with Crippen LogP contribution in [0.4, 0.5) is 0 Å². The Morgan fingerprint density at radius 3 is 2.60 bits per heavy atom. The van der Waals surface area contributed by atoms with E-state index in [1.807, 2.05) is 0 Å². The van der Waals surface area contributed by atoms with Crippen molar-refractivity contribution >= 4 is 15.9 Å². The summed E-state index contributed by atoms with van der Waals surface area (Å²) in [6, 6.07) is 7.17. The van der Waals surface area contributed by atoms with E-state index in [1.165, 1.54) is 47.7 Å². The Bertz CT molecular complexity index is 421. The monoisotopic (exact) mass is 337 g/mol. The third-order valence-corrected chi connectivity index (χ3v) is 5.65. The van der Waals surface area contributed by atoms with Crippen molar-refractivity contribution < 1.29 is 0 Å². The largest absolute Gasteiger partial charge is 0.310 e. The van der Waals surface area contributed by atoms with E-state index in [1.54, 1.807) is 0 Å². The molecule has 1 aliphatic rings. The van der Waals surface area contributed by atoms with Gasteiger partial charge in [0.15, 0.2) is 0 Å². The minimum Gasteiger partial charge on any atom is -0.310 e. The molecule has 2 rings (SSSR count). The molecule has 1 aromatic rings. The van der Waals surface area contributed by atoms with Crippen LogP contribution in [0.15, 0.2) is 22.7 Å². The Labute approximate surface area is 132 Å². The molecule has 1 atom stereocenters. The molecule has 1 nitrogen and oxygen atoms in total. The average Bonchev–Trinajstić information content (AvgIpc) is 2.45. The molecular formula is C18H28BrN. The van der Waals surface area contributed by atoms with Gasteiger partial charge in [-0.25, -0.2) is 0 Å². The van der Waals surface area contributed by atoms with Crippen molar-refractivity contribution in [2.24, 2.45) is 11.8 Å². The summed E-state index contributed by atoms with van der Waals surface area (Å²) in [7, 11) is 0. The molecule has 0 saturated heterocycles. The average molecular weight is 338 g/mol. The second-order valence-electron chi connectivity index (χ2n) is 6.41. The van der Waals surface area contributed by atoms with E-state index in [4.69, 9.17) is 0 Å². The summed E-state index contributed by atoms with van der Waals surface area (Å²) in [5, 5.41) is 3.82. The lowest BCUT2D eigenvalue weighted by atomic mass is 9.76. The number of halogens is 1. The van der Waals surface area contributed by atoms with Crippen LogP contribution in [0.3, 0.4) is 0 Å². The Hall–Kier alpha value is -0.340. The lowest BCUT2D eigenvalue weighted by Crippen LogP contribution is -2.32. The van der Waals surface area contributed by atoms with Gasteiger partial charge in [-0.1, -0.05) is 54.8 Å². The van der Waals surface area contributed by atoms with Crippen LogP contribution in [0.5, 0.6) is 0 Å². The third kappa shape index (κ3) is 3.85. The van der Waals surface area contributed by atoms with Gasteiger partial charge in [0.1, 0.15) is 0 Å². The van der Waals surface area contributed by atoms with Gasteiger partial charge in [-0.2, -0.15) is 0 Å². The van der Waals surface area contributed by atoms with E-state index >= 15 is 0 Å². The quantitative estimate of drug-likeness (QED) is 0.734. The Morgan fingerprint density at radius 2 is 1.95 bits per heavy atom. The maximum absolute atomic E-state index is 3.82. The summed E-state index contributed by atoms with van der Waals surface area (Å²) in [5.41, 5.74) is 2.90. The predicted molar refractivity (Wildman–Crippen MR) is 91.0 cm³/mol. The Morgan fingerprint density at radius 1 is 1.25 bits per heavy atom. The van der Waals surface area contributed by atoms with Gasteiger partial charge in [0.2, 0.25) is 0 Å². The van der Waals surface area contributed by atoms with E-state index in [2.05, 4.69) is 60.2 Å². The molecule has 0 heterocycles. The van der Waals surface area contributed by atoms with Gasteiger partial charge < -0.3 is 5.32 Å². The van der Waals surface area contributed by atoms with Crippen LogP contribution < -0.4 is 5.32 Å². The van der Waals surface area contributed by atoms with Gasteiger partial charge in [-0.15, -0.1) is 0 Å². The van der Waals surface area contributed by atoms with Gasteiger partial charge in [-0.05, 0) is 61.8 Å². The first-order valence-corrected chi connectivity index (χ1v) is 8.91. The molecule has 0 bridgehead atoms. The molecule has 0 spiro atoms. The fraction of sp³-hybridized carbons (Fsp3) is 0.667. The van der Waals surface area contributed by atoms with Crippen molar-refractivity contribution in [3.05, 3.63) is 33.8 Å². The van der Waals surface area contributed by atoms with Gasteiger partial charge in [-0.3, -0.25) is 0 Å². The van der Waals surface area contributed by atoms with Crippen LogP contribution in [0.2, 0.25) is 0 Å². The number of hydrogen-bond acceptors (Lipinski definition) is 1. The smallest absolute Gasteiger partial charge is 0.0351 e. The molecule has 20 heavy (non-hydrogen) atoms. The van der Waals surface area contributed by atoms with Crippen LogP contribution in [-0.4, -0.2) is 6.54 Å². The highest BCUT2D eigenvalue weighted by Gasteiger charge is 2.27. The molecule has 112 valence electrons. The molecule has 0 radical (unpaired) electrons. The number of hydrogen-bond donors (Lipinski definition) is 1. The van der Waals surface area contributed by atoms with Crippen molar-refractivity contribution in [2.45, 2.75) is 58.9 Å². The normalized spacial score (nSPS) is 24.6. The summed E-state index contributed by atoms with van der Waals surface area (Å²) < 4.78 is 1.24. The van der Waals surface area contributed by atoms with Gasteiger partial charge >= 0.3 is 0 Å². The van der Waals surface area contributed by atoms with Gasteiger partial charge in [0, 0.05) is 10.5 Å². The first kappa shape index (κ1) is 16.0. The van der Waals surface area contributed by atoms with Crippen molar-refractivity contribution in [3.8, 4) is 0 Å².